The number of aromatic nitrogens is 4. The van der Waals surface area contributed by atoms with Gasteiger partial charge in [0.05, 0.1) is 18.5 Å². The van der Waals surface area contributed by atoms with E-state index < -0.39 is 5.91 Å². The molecule has 1 amide bonds. The number of hydrogen-bond donors (Lipinski definition) is 1. The molecule has 1 aromatic carbocycles. The lowest BCUT2D eigenvalue weighted by Crippen LogP contribution is -2.14. The summed E-state index contributed by atoms with van der Waals surface area (Å²) >= 11 is 0. The SMILES string of the molecule is CCOc1ncccc1NC(=O)c1cn(-c2ccc(F)cc2)nn1. The zero-order chi connectivity index (χ0) is 16.9. The minimum atomic E-state index is -0.447. The second-order valence-corrected chi connectivity index (χ2v) is 4.77. The number of benzene rings is 1. The number of ether oxygens (including phenoxy) is 1. The van der Waals surface area contributed by atoms with Crippen LogP contribution in [0.25, 0.3) is 5.69 Å². The molecule has 0 fully saturated rings. The molecule has 3 aromatic rings. The van der Waals surface area contributed by atoms with Crippen LogP contribution in [0.1, 0.15) is 17.4 Å². The summed E-state index contributed by atoms with van der Waals surface area (Å²) in [5.74, 6) is -0.464. The Bertz CT molecular complexity index is 848. The molecule has 0 aliphatic heterocycles. The first kappa shape index (κ1) is 15.6. The number of rotatable bonds is 5. The van der Waals surface area contributed by atoms with Crippen LogP contribution >= 0.6 is 0 Å². The van der Waals surface area contributed by atoms with Crippen molar-refractivity contribution in [3.63, 3.8) is 0 Å². The Labute approximate surface area is 137 Å². The average molecular weight is 327 g/mol. The molecule has 0 radical (unpaired) electrons. The third-order valence-electron chi connectivity index (χ3n) is 3.12. The summed E-state index contributed by atoms with van der Waals surface area (Å²) in [6.45, 7) is 2.26. The van der Waals surface area contributed by atoms with E-state index in [2.05, 4.69) is 20.6 Å². The first-order valence-corrected chi connectivity index (χ1v) is 7.25. The van der Waals surface area contributed by atoms with E-state index in [0.29, 0.717) is 23.9 Å². The number of anilines is 1. The van der Waals surface area contributed by atoms with E-state index in [1.165, 1.54) is 23.0 Å². The van der Waals surface area contributed by atoms with Crippen molar-refractivity contribution in [2.24, 2.45) is 0 Å². The number of amides is 1. The summed E-state index contributed by atoms with van der Waals surface area (Å²) in [5.41, 5.74) is 1.16. The maximum Gasteiger partial charge on any atom is 0.278 e. The lowest BCUT2D eigenvalue weighted by molar-refractivity contribution is 0.102. The van der Waals surface area contributed by atoms with Gasteiger partial charge in [-0.2, -0.15) is 0 Å². The molecule has 0 atom stereocenters. The summed E-state index contributed by atoms with van der Waals surface area (Å²) in [4.78, 5) is 16.4. The maximum absolute atomic E-state index is 13.0. The Morgan fingerprint density at radius 3 is 2.83 bits per heavy atom. The van der Waals surface area contributed by atoms with Crippen LogP contribution in [0.5, 0.6) is 5.88 Å². The van der Waals surface area contributed by atoms with Crippen LogP contribution < -0.4 is 10.1 Å². The van der Waals surface area contributed by atoms with Crippen LogP contribution in [0.4, 0.5) is 10.1 Å². The molecule has 8 heteroatoms. The molecule has 0 aliphatic rings. The molecule has 122 valence electrons. The van der Waals surface area contributed by atoms with Crippen molar-refractivity contribution < 1.29 is 13.9 Å². The van der Waals surface area contributed by atoms with Crippen molar-refractivity contribution in [3.8, 4) is 11.6 Å². The van der Waals surface area contributed by atoms with E-state index in [1.807, 2.05) is 6.92 Å². The summed E-state index contributed by atoms with van der Waals surface area (Å²) < 4.78 is 19.7. The van der Waals surface area contributed by atoms with Gasteiger partial charge in [-0.1, -0.05) is 5.21 Å². The summed E-state index contributed by atoms with van der Waals surface area (Å²) in [6, 6.07) is 9.06. The largest absolute Gasteiger partial charge is 0.476 e. The van der Waals surface area contributed by atoms with Crippen LogP contribution in [0.15, 0.2) is 48.8 Å². The molecule has 7 nitrogen and oxygen atoms in total. The third-order valence-corrected chi connectivity index (χ3v) is 3.12. The first-order valence-electron chi connectivity index (χ1n) is 7.25. The molecule has 0 bridgehead atoms. The predicted octanol–water partition coefficient (Wildman–Crippen LogP) is 2.45. The van der Waals surface area contributed by atoms with Gasteiger partial charge in [0.15, 0.2) is 5.69 Å². The smallest absolute Gasteiger partial charge is 0.278 e. The predicted molar refractivity (Wildman–Crippen MR) is 84.7 cm³/mol. The van der Waals surface area contributed by atoms with E-state index in [9.17, 15) is 9.18 Å². The Kier molecular flexibility index (Phi) is 4.46. The Morgan fingerprint density at radius 1 is 1.29 bits per heavy atom. The quantitative estimate of drug-likeness (QED) is 0.778. The fourth-order valence-electron chi connectivity index (χ4n) is 2.01. The zero-order valence-electron chi connectivity index (χ0n) is 12.8. The highest BCUT2D eigenvalue weighted by Gasteiger charge is 2.14. The van der Waals surface area contributed by atoms with E-state index in [1.54, 1.807) is 30.5 Å². The molecular weight excluding hydrogens is 313 g/mol. The highest BCUT2D eigenvalue weighted by Crippen LogP contribution is 2.21. The monoisotopic (exact) mass is 327 g/mol. The molecular formula is C16H14FN5O2. The van der Waals surface area contributed by atoms with Gasteiger partial charge in [0.2, 0.25) is 5.88 Å². The molecule has 3 rings (SSSR count). The molecule has 1 N–H and O–H groups in total. The van der Waals surface area contributed by atoms with Crippen LogP contribution in [-0.2, 0) is 0 Å². The summed E-state index contributed by atoms with van der Waals surface area (Å²) in [7, 11) is 0. The normalized spacial score (nSPS) is 10.4. The Morgan fingerprint density at radius 2 is 2.08 bits per heavy atom. The van der Waals surface area contributed by atoms with E-state index in [4.69, 9.17) is 4.74 Å². The number of hydrogen-bond acceptors (Lipinski definition) is 5. The number of nitrogens with zero attached hydrogens (tertiary/aromatic N) is 4. The standard InChI is InChI=1S/C16H14FN5O2/c1-2-24-16-13(4-3-9-18-16)19-15(23)14-10-22(21-20-14)12-7-5-11(17)6-8-12/h3-10H,2H2,1H3,(H,19,23). The van der Waals surface area contributed by atoms with Crippen LogP contribution in [0.3, 0.4) is 0 Å². The van der Waals surface area contributed by atoms with E-state index >= 15 is 0 Å². The molecule has 0 aliphatic carbocycles. The Balaban J connectivity index is 1.78. The number of carbonyl (C=O) groups excluding carboxylic acids is 1. The van der Waals surface area contributed by atoms with Gasteiger partial charge in [-0.3, -0.25) is 4.79 Å². The van der Waals surface area contributed by atoms with Gasteiger partial charge in [-0.05, 0) is 43.3 Å². The maximum atomic E-state index is 13.0. The number of pyridine rings is 1. The van der Waals surface area contributed by atoms with Gasteiger partial charge in [0.25, 0.3) is 5.91 Å². The first-order chi connectivity index (χ1) is 11.7. The third kappa shape index (κ3) is 3.37. The van der Waals surface area contributed by atoms with Gasteiger partial charge >= 0.3 is 0 Å². The highest BCUT2D eigenvalue weighted by atomic mass is 19.1. The van der Waals surface area contributed by atoms with Gasteiger partial charge in [-0.25, -0.2) is 14.1 Å². The van der Waals surface area contributed by atoms with Gasteiger partial charge in [-0.15, -0.1) is 5.10 Å². The minimum absolute atomic E-state index is 0.116. The van der Waals surface area contributed by atoms with Crippen molar-refractivity contribution in [2.75, 3.05) is 11.9 Å². The van der Waals surface area contributed by atoms with Crippen molar-refractivity contribution in [2.45, 2.75) is 6.92 Å². The zero-order valence-corrected chi connectivity index (χ0v) is 12.8. The van der Waals surface area contributed by atoms with Gasteiger partial charge in [0.1, 0.15) is 11.5 Å². The number of carbonyl (C=O) groups is 1. The second kappa shape index (κ2) is 6.86. The van der Waals surface area contributed by atoms with Crippen LogP contribution in [0.2, 0.25) is 0 Å². The molecule has 2 heterocycles. The molecule has 0 saturated carbocycles. The second-order valence-electron chi connectivity index (χ2n) is 4.77. The van der Waals surface area contributed by atoms with Crippen LogP contribution in [-0.4, -0.2) is 32.5 Å². The molecule has 0 spiro atoms. The highest BCUT2D eigenvalue weighted by molar-refractivity contribution is 6.03. The van der Waals surface area contributed by atoms with Crippen molar-refractivity contribution >= 4 is 11.6 Å². The Hall–Kier alpha value is -3.29. The lowest BCUT2D eigenvalue weighted by atomic mass is 10.3. The van der Waals surface area contributed by atoms with Crippen molar-refractivity contribution in [3.05, 3.63) is 60.3 Å². The number of halogens is 1. The fourth-order valence-corrected chi connectivity index (χ4v) is 2.01. The van der Waals surface area contributed by atoms with E-state index in [0.717, 1.165) is 0 Å². The minimum Gasteiger partial charge on any atom is -0.476 e. The molecule has 0 saturated heterocycles. The molecule has 0 unspecified atom stereocenters. The lowest BCUT2D eigenvalue weighted by Gasteiger charge is -2.08. The average Bonchev–Trinajstić information content (AvgIpc) is 3.08. The van der Waals surface area contributed by atoms with Crippen LogP contribution in [0, 0.1) is 5.82 Å². The van der Waals surface area contributed by atoms with Gasteiger partial charge in [0, 0.05) is 6.20 Å². The van der Waals surface area contributed by atoms with E-state index in [-0.39, 0.29) is 11.5 Å². The summed E-state index contributed by atoms with van der Waals surface area (Å²) in [6.07, 6.45) is 3.03. The molecule has 24 heavy (non-hydrogen) atoms. The summed E-state index contributed by atoms with van der Waals surface area (Å²) in [5, 5.41) is 10.4. The van der Waals surface area contributed by atoms with Crippen molar-refractivity contribution in [1.82, 2.24) is 20.0 Å². The number of nitrogens with one attached hydrogen (secondary N) is 1. The van der Waals surface area contributed by atoms with Gasteiger partial charge < -0.3 is 10.1 Å². The van der Waals surface area contributed by atoms with Crippen molar-refractivity contribution in [1.29, 1.82) is 0 Å². The molecule has 2 aromatic heterocycles. The topological polar surface area (TPSA) is 81.9 Å². The fraction of sp³-hybridized carbons (Fsp3) is 0.125.